The van der Waals surface area contributed by atoms with E-state index in [2.05, 4.69) is 15.2 Å². The number of amides is 1. The number of pyridine rings is 1. The second-order valence-corrected chi connectivity index (χ2v) is 10.7. The van der Waals surface area contributed by atoms with Crippen LogP contribution in [0.1, 0.15) is 39.5 Å². The molecule has 3 N–H and O–H groups in total. The van der Waals surface area contributed by atoms with E-state index in [4.69, 9.17) is 9.88 Å². The Hall–Kier alpha value is -2.86. The van der Waals surface area contributed by atoms with Crippen LogP contribution in [-0.4, -0.2) is 43.0 Å². The summed E-state index contributed by atoms with van der Waals surface area (Å²) in [5.74, 6) is -4.15. The Balaban J connectivity index is 1.42. The molecule has 2 aliphatic heterocycles. The molecule has 34 heavy (non-hydrogen) atoms. The third-order valence-electron chi connectivity index (χ3n) is 6.27. The zero-order chi connectivity index (χ0) is 24.8. The molecule has 1 aromatic carbocycles. The number of nitrogens with zero attached hydrogens (tertiary/aromatic N) is 2. The maximum atomic E-state index is 14.0. The van der Waals surface area contributed by atoms with Crippen molar-refractivity contribution in [1.29, 1.82) is 0 Å². The number of anilines is 1. The molecule has 0 radical (unpaired) electrons. The Labute approximate surface area is 195 Å². The van der Waals surface area contributed by atoms with E-state index in [-0.39, 0.29) is 23.0 Å². The summed E-state index contributed by atoms with van der Waals surface area (Å²) >= 11 is 0. The van der Waals surface area contributed by atoms with Crippen LogP contribution in [-0.2, 0) is 14.8 Å². The summed E-state index contributed by atoms with van der Waals surface area (Å²) in [5.41, 5.74) is -1.54. The van der Waals surface area contributed by atoms with Crippen molar-refractivity contribution in [1.82, 2.24) is 10.3 Å². The molecule has 3 atom stereocenters. The highest BCUT2D eigenvalue weighted by Gasteiger charge is 2.43. The quantitative estimate of drug-likeness (QED) is 0.592. The predicted molar refractivity (Wildman–Crippen MR) is 117 cm³/mol. The number of nitrogens with two attached hydrogens (primary N) is 1. The number of rotatable bonds is 6. The molecule has 1 aromatic heterocycles. The highest BCUT2D eigenvalue weighted by Crippen LogP contribution is 2.39. The van der Waals surface area contributed by atoms with Crippen LogP contribution in [0.3, 0.4) is 0 Å². The lowest BCUT2D eigenvalue weighted by atomic mass is 9.96. The number of primary sulfonamides is 1. The van der Waals surface area contributed by atoms with Gasteiger partial charge in [0.25, 0.3) is 5.91 Å². The first-order chi connectivity index (χ1) is 15.8. The second-order valence-electron chi connectivity index (χ2n) is 9.14. The van der Waals surface area contributed by atoms with E-state index in [1.165, 1.54) is 26.1 Å². The lowest BCUT2D eigenvalue weighted by Gasteiger charge is -2.40. The van der Waals surface area contributed by atoms with Gasteiger partial charge in [0.15, 0.2) is 28.8 Å². The molecule has 0 spiro atoms. The Morgan fingerprint density at radius 1 is 1.12 bits per heavy atom. The van der Waals surface area contributed by atoms with Crippen LogP contribution in [0.5, 0.6) is 5.75 Å². The van der Waals surface area contributed by atoms with Crippen LogP contribution < -0.4 is 20.1 Å². The molecule has 12 heteroatoms. The van der Waals surface area contributed by atoms with Crippen molar-refractivity contribution in [3.8, 4) is 5.75 Å². The highest BCUT2D eigenvalue weighted by molar-refractivity contribution is 7.89. The molecule has 2 bridgehead atoms. The number of carbonyl (C=O) groups is 1. The largest absolute Gasteiger partial charge is 0.475 e. The van der Waals surface area contributed by atoms with Gasteiger partial charge in [-0.25, -0.2) is 31.7 Å². The van der Waals surface area contributed by atoms with Crippen LogP contribution in [0.15, 0.2) is 35.4 Å². The topological polar surface area (TPSA) is 115 Å². The summed E-state index contributed by atoms with van der Waals surface area (Å²) in [6, 6.07) is 3.98. The lowest BCUT2D eigenvalue weighted by molar-refractivity contribution is -0.135. The van der Waals surface area contributed by atoms with E-state index in [0.717, 1.165) is 12.8 Å². The Bertz CT molecular complexity index is 1190. The monoisotopic (exact) mass is 498 g/mol. The summed E-state index contributed by atoms with van der Waals surface area (Å²) < 4.78 is 69.0. The molecule has 184 valence electrons. The molecule has 4 rings (SSSR count). The Kier molecular flexibility index (Phi) is 6.23. The van der Waals surface area contributed by atoms with Crippen LogP contribution in [0.4, 0.5) is 19.0 Å². The standard InChI is InChI=1S/C22H25F3N4O4S/c1-22(2,33-19-10-17(24)16(23)9-18(19)25)21(30)28-12-7-13-3-4-14(8-12)29(13)20-6-5-15(11-27-20)34(26,31)32/h5-6,9-14H,3-4,7-8H2,1-2H3,(H,28,30)(H2,26,31,32)/t12-,13+,14-. The van der Waals surface area contributed by atoms with E-state index in [1.54, 1.807) is 6.07 Å². The third kappa shape index (κ3) is 4.83. The lowest BCUT2D eigenvalue weighted by Crippen LogP contribution is -2.55. The molecule has 3 heterocycles. The van der Waals surface area contributed by atoms with Gasteiger partial charge in [-0.2, -0.15) is 0 Å². The van der Waals surface area contributed by atoms with E-state index < -0.39 is 44.7 Å². The SMILES string of the molecule is CC(C)(Oc1cc(F)c(F)cc1F)C(=O)N[C@H]1C[C@H]2CC[C@@H](C1)N2c1ccc(S(N)(=O)=O)cn1. The van der Waals surface area contributed by atoms with Crippen LogP contribution in [0.25, 0.3) is 0 Å². The molecule has 8 nitrogen and oxygen atoms in total. The average molecular weight is 499 g/mol. The predicted octanol–water partition coefficient (Wildman–Crippen LogP) is 2.62. The molecule has 2 aromatic rings. The zero-order valence-corrected chi connectivity index (χ0v) is 19.4. The smallest absolute Gasteiger partial charge is 0.263 e. The minimum absolute atomic E-state index is 0.0644. The van der Waals surface area contributed by atoms with Gasteiger partial charge in [0.2, 0.25) is 10.0 Å². The van der Waals surface area contributed by atoms with Crippen molar-refractivity contribution in [3.63, 3.8) is 0 Å². The summed E-state index contributed by atoms with van der Waals surface area (Å²) in [4.78, 5) is 19.2. The van der Waals surface area contributed by atoms with Crippen molar-refractivity contribution in [2.24, 2.45) is 5.14 Å². The molecule has 1 amide bonds. The summed E-state index contributed by atoms with van der Waals surface area (Å²) in [7, 11) is -3.83. The fraction of sp³-hybridized carbons (Fsp3) is 0.455. The van der Waals surface area contributed by atoms with Gasteiger partial charge in [-0.3, -0.25) is 4.79 Å². The van der Waals surface area contributed by atoms with Crippen molar-refractivity contribution in [2.45, 2.75) is 68.2 Å². The van der Waals surface area contributed by atoms with Crippen LogP contribution in [0, 0.1) is 17.5 Å². The number of hydrogen-bond acceptors (Lipinski definition) is 6. The molecule has 0 aliphatic carbocycles. The zero-order valence-electron chi connectivity index (χ0n) is 18.6. The first kappa shape index (κ1) is 24.3. The Morgan fingerprint density at radius 3 is 2.29 bits per heavy atom. The fourth-order valence-corrected chi connectivity index (χ4v) is 5.08. The van der Waals surface area contributed by atoms with Crippen LogP contribution in [0.2, 0.25) is 0 Å². The number of nitrogens with one attached hydrogen (secondary N) is 1. The maximum absolute atomic E-state index is 14.0. The Morgan fingerprint density at radius 2 is 1.74 bits per heavy atom. The molecular weight excluding hydrogens is 473 g/mol. The van der Waals surface area contributed by atoms with E-state index in [0.29, 0.717) is 30.8 Å². The minimum Gasteiger partial charge on any atom is -0.475 e. The van der Waals surface area contributed by atoms with Crippen molar-refractivity contribution in [2.75, 3.05) is 4.90 Å². The average Bonchev–Trinajstić information content (AvgIpc) is 3.01. The van der Waals surface area contributed by atoms with Gasteiger partial charge in [0, 0.05) is 36.5 Å². The number of carbonyl (C=O) groups excluding carboxylic acids is 1. The minimum atomic E-state index is -3.83. The number of halogens is 3. The first-order valence-electron chi connectivity index (χ1n) is 10.8. The number of sulfonamides is 1. The van der Waals surface area contributed by atoms with Gasteiger partial charge in [-0.15, -0.1) is 0 Å². The van der Waals surface area contributed by atoms with Crippen molar-refractivity contribution < 1.29 is 31.1 Å². The van der Waals surface area contributed by atoms with Gasteiger partial charge < -0.3 is 15.0 Å². The molecule has 0 unspecified atom stereocenters. The normalized spacial score (nSPS) is 22.5. The maximum Gasteiger partial charge on any atom is 0.263 e. The van der Waals surface area contributed by atoms with E-state index in [9.17, 15) is 26.4 Å². The first-order valence-corrected chi connectivity index (χ1v) is 12.3. The second kappa shape index (κ2) is 8.73. The highest BCUT2D eigenvalue weighted by atomic mass is 32.2. The van der Waals surface area contributed by atoms with Gasteiger partial charge in [-0.05, 0) is 51.7 Å². The fourth-order valence-electron chi connectivity index (χ4n) is 4.63. The van der Waals surface area contributed by atoms with Gasteiger partial charge >= 0.3 is 0 Å². The number of piperidine rings is 1. The molecule has 0 saturated carbocycles. The number of fused-ring (bicyclic) bond motifs is 2. The van der Waals surface area contributed by atoms with Gasteiger partial charge in [-0.1, -0.05) is 0 Å². The number of ether oxygens (including phenoxy) is 1. The summed E-state index contributed by atoms with van der Waals surface area (Å²) in [5, 5.41) is 8.06. The van der Waals surface area contributed by atoms with Crippen LogP contribution >= 0.6 is 0 Å². The summed E-state index contributed by atoms with van der Waals surface area (Å²) in [6.45, 7) is 2.84. The molecule has 2 fully saturated rings. The number of aromatic nitrogens is 1. The van der Waals surface area contributed by atoms with Gasteiger partial charge in [0.1, 0.15) is 10.7 Å². The van der Waals surface area contributed by atoms with Gasteiger partial charge in [0.05, 0.1) is 0 Å². The molecular formula is C22H25F3N4O4S. The third-order valence-corrected chi connectivity index (χ3v) is 7.17. The van der Waals surface area contributed by atoms with E-state index in [1.807, 2.05) is 0 Å². The number of benzene rings is 1. The van der Waals surface area contributed by atoms with Crippen molar-refractivity contribution in [3.05, 3.63) is 47.9 Å². The van der Waals surface area contributed by atoms with Crippen molar-refractivity contribution >= 4 is 21.7 Å². The number of hydrogen-bond donors (Lipinski definition) is 2. The van der Waals surface area contributed by atoms with E-state index >= 15 is 0 Å². The molecule has 2 aliphatic rings. The summed E-state index contributed by atoms with van der Waals surface area (Å²) in [6.07, 6.45) is 4.24. The molecule has 2 saturated heterocycles.